The fourth-order valence-electron chi connectivity index (χ4n) is 6.39. The molecule has 2 aliphatic rings. The van der Waals surface area contributed by atoms with Crippen LogP contribution in [0.25, 0.3) is 16.7 Å². The van der Waals surface area contributed by atoms with Gasteiger partial charge in [0.1, 0.15) is 12.0 Å². The maximum Gasteiger partial charge on any atom is 0.266 e. The van der Waals surface area contributed by atoms with Crippen molar-refractivity contribution in [2.24, 2.45) is 5.41 Å². The van der Waals surface area contributed by atoms with Gasteiger partial charge >= 0.3 is 0 Å². The van der Waals surface area contributed by atoms with Crippen LogP contribution in [-0.4, -0.2) is 51.1 Å². The molecule has 1 aliphatic heterocycles. The molecular weight excluding hydrogens is 661 g/mol. The van der Waals surface area contributed by atoms with Crippen molar-refractivity contribution in [3.63, 3.8) is 0 Å². The Morgan fingerprint density at radius 1 is 0.941 bits per heavy atom. The minimum Gasteiger partial charge on any atom is -0.493 e. The van der Waals surface area contributed by atoms with Gasteiger partial charge in [-0.25, -0.2) is 0 Å². The van der Waals surface area contributed by atoms with Gasteiger partial charge in [0.05, 0.1) is 18.3 Å². The lowest BCUT2D eigenvalue weighted by Crippen LogP contribution is -2.23. The van der Waals surface area contributed by atoms with Crippen LogP contribution in [-0.2, 0) is 27.8 Å². The Bertz CT molecular complexity index is 2010. The molecule has 0 spiro atoms. The first-order chi connectivity index (χ1) is 24.3. The molecule has 1 aliphatic carbocycles. The zero-order valence-electron chi connectivity index (χ0n) is 29.6. The normalized spacial score (nSPS) is 15.2. The number of nitrogens with one attached hydrogen (secondary N) is 2. The molecule has 0 bridgehead atoms. The first-order valence-electron chi connectivity index (χ1n) is 17.2. The van der Waals surface area contributed by atoms with Gasteiger partial charge in [-0.05, 0) is 101 Å². The predicted octanol–water partition coefficient (Wildman–Crippen LogP) is 7.92. The SMILES string of the molecule is CC1=CC(C)(C)CC=C1c1ccc(NC(=O)C(Cc2ccc(C=O)cc2)c2ccc(-c3ccc4c(c3)CCO4)cc2)cc1.CNCCS(=O)(=O)O. The highest BCUT2D eigenvalue weighted by molar-refractivity contribution is 7.85. The summed E-state index contributed by atoms with van der Waals surface area (Å²) in [5.41, 5.74) is 10.7. The summed E-state index contributed by atoms with van der Waals surface area (Å²) >= 11 is 0. The minimum absolute atomic E-state index is 0.0654. The number of allylic oxidation sites excluding steroid dienone is 4. The standard InChI is InChI=1S/C39H37NO3.C3H9NO3S/c1-26-24-39(2,3)20-18-35(26)30-12-15-34(16-13-30)40-38(42)36(22-27-4-6-28(25-41)7-5-27)31-10-8-29(9-11-31)32-14-17-37-33(23-32)19-21-43-37;1-4-2-3-8(5,6)7/h4-18,23-25,36H,19-22H2,1-3H3,(H,40,42);4H,2-3H2,1H3,(H,5,6,7). The Hall–Kier alpha value is -4.83. The number of hydrogen-bond acceptors (Lipinski definition) is 6. The van der Waals surface area contributed by atoms with Crippen molar-refractivity contribution in [1.29, 1.82) is 0 Å². The molecule has 1 amide bonds. The topological polar surface area (TPSA) is 122 Å². The molecule has 0 radical (unpaired) electrons. The monoisotopic (exact) mass is 706 g/mol. The molecule has 0 saturated carbocycles. The number of rotatable bonds is 11. The summed E-state index contributed by atoms with van der Waals surface area (Å²) in [6.45, 7) is 7.70. The summed E-state index contributed by atoms with van der Waals surface area (Å²) in [4.78, 5) is 25.0. The minimum atomic E-state index is -3.75. The van der Waals surface area contributed by atoms with E-state index >= 15 is 0 Å². The van der Waals surface area contributed by atoms with Gasteiger partial charge in [0.25, 0.3) is 10.1 Å². The summed E-state index contributed by atoms with van der Waals surface area (Å²) in [5.74, 6) is 0.280. The van der Waals surface area contributed by atoms with E-state index < -0.39 is 16.0 Å². The van der Waals surface area contributed by atoms with Crippen LogP contribution in [0, 0.1) is 5.41 Å². The molecule has 4 aromatic carbocycles. The van der Waals surface area contributed by atoms with E-state index in [0.717, 1.165) is 65.0 Å². The number of hydrogen-bond donors (Lipinski definition) is 3. The van der Waals surface area contributed by atoms with Gasteiger partial charge in [0, 0.05) is 24.2 Å². The van der Waals surface area contributed by atoms with Crippen molar-refractivity contribution in [1.82, 2.24) is 5.32 Å². The molecule has 8 nitrogen and oxygen atoms in total. The number of benzene rings is 4. The van der Waals surface area contributed by atoms with Crippen molar-refractivity contribution in [3.8, 4) is 16.9 Å². The van der Waals surface area contributed by atoms with E-state index in [1.165, 1.54) is 16.7 Å². The van der Waals surface area contributed by atoms with Crippen molar-refractivity contribution in [2.75, 3.05) is 31.3 Å². The number of carbonyl (C=O) groups excluding carboxylic acids is 2. The van der Waals surface area contributed by atoms with Crippen LogP contribution in [0.15, 0.2) is 109 Å². The fraction of sp³-hybridized carbons (Fsp3) is 0.286. The molecule has 51 heavy (non-hydrogen) atoms. The molecular formula is C42H46N2O6S. The number of fused-ring (bicyclic) bond motifs is 1. The predicted molar refractivity (Wildman–Crippen MR) is 205 cm³/mol. The highest BCUT2D eigenvalue weighted by Gasteiger charge is 2.23. The highest BCUT2D eigenvalue weighted by atomic mass is 32.2. The second-order valence-corrected chi connectivity index (χ2v) is 15.3. The maximum atomic E-state index is 13.8. The van der Waals surface area contributed by atoms with Crippen LogP contribution < -0.4 is 15.4 Å². The van der Waals surface area contributed by atoms with Crippen molar-refractivity contribution in [2.45, 2.75) is 46.0 Å². The molecule has 4 aromatic rings. The van der Waals surface area contributed by atoms with E-state index in [4.69, 9.17) is 9.29 Å². The van der Waals surface area contributed by atoms with Gasteiger partial charge in [-0.3, -0.25) is 14.1 Å². The van der Waals surface area contributed by atoms with E-state index in [9.17, 15) is 18.0 Å². The van der Waals surface area contributed by atoms with Gasteiger partial charge in [-0.15, -0.1) is 0 Å². The number of anilines is 1. The summed E-state index contributed by atoms with van der Waals surface area (Å²) < 4.78 is 33.6. The largest absolute Gasteiger partial charge is 0.493 e. The summed E-state index contributed by atoms with van der Waals surface area (Å²) in [5, 5.41) is 5.75. The zero-order valence-corrected chi connectivity index (χ0v) is 30.4. The first-order valence-corrected chi connectivity index (χ1v) is 18.8. The van der Waals surface area contributed by atoms with E-state index in [1.807, 2.05) is 30.3 Å². The quantitative estimate of drug-likeness (QED) is 0.107. The maximum absolute atomic E-state index is 13.8. The molecule has 1 unspecified atom stereocenters. The molecule has 9 heteroatoms. The average molecular weight is 707 g/mol. The third-order valence-corrected chi connectivity index (χ3v) is 9.87. The number of amides is 1. The van der Waals surface area contributed by atoms with Crippen LogP contribution in [0.2, 0.25) is 0 Å². The Morgan fingerprint density at radius 2 is 1.61 bits per heavy atom. The molecule has 1 heterocycles. The average Bonchev–Trinajstić information content (AvgIpc) is 3.58. The first kappa shape index (κ1) is 37.4. The van der Waals surface area contributed by atoms with Crippen LogP contribution in [0.3, 0.4) is 0 Å². The molecule has 0 fully saturated rings. The second kappa shape index (κ2) is 16.5. The van der Waals surface area contributed by atoms with E-state index in [-0.39, 0.29) is 17.1 Å². The van der Waals surface area contributed by atoms with Gasteiger partial charge in [-0.1, -0.05) is 92.7 Å². The lowest BCUT2D eigenvalue weighted by molar-refractivity contribution is -0.117. The van der Waals surface area contributed by atoms with Crippen molar-refractivity contribution >= 4 is 33.6 Å². The molecule has 1 atom stereocenters. The lowest BCUT2D eigenvalue weighted by Gasteiger charge is -2.26. The van der Waals surface area contributed by atoms with Gasteiger partial charge in [0.15, 0.2) is 0 Å². The van der Waals surface area contributed by atoms with Crippen molar-refractivity contribution < 1.29 is 27.3 Å². The molecule has 0 aromatic heterocycles. The van der Waals surface area contributed by atoms with Crippen LogP contribution >= 0.6 is 0 Å². The molecule has 266 valence electrons. The molecule has 0 saturated heterocycles. The van der Waals surface area contributed by atoms with Crippen LogP contribution in [0.5, 0.6) is 5.75 Å². The van der Waals surface area contributed by atoms with Gasteiger partial charge in [-0.2, -0.15) is 8.42 Å². The van der Waals surface area contributed by atoms with Crippen molar-refractivity contribution in [3.05, 3.63) is 137 Å². The molecule has 3 N–H and O–H groups in total. The Kier molecular flexibility index (Phi) is 12.1. The van der Waals surface area contributed by atoms with Gasteiger partial charge in [0.2, 0.25) is 5.91 Å². The number of carbonyl (C=O) groups is 2. The fourth-order valence-corrected chi connectivity index (χ4v) is 6.85. The van der Waals surface area contributed by atoms with Crippen LogP contribution in [0.4, 0.5) is 5.69 Å². The highest BCUT2D eigenvalue weighted by Crippen LogP contribution is 2.37. The Morgan fingerprint density at radius 3 is 2.22 bits per heavy atom. The lowest BCUT2D eigenvalue weighted by atomic mass is 9.79. The van der Waals surface area contributed by atoms with E-state index in [0.29, 0.717) is 18.5 Å². The third-order valence-electron chi connectivity index (χ3n) is 9.15. The summed E-state index contributed by atoms with van der Waals surface area (Å²) in [6.07, 6.45) is 7.95. The Balaban J connectivity index is 0.000000565. The van der Waals surface area contributed by atoms with Gasteiger partial charge < -0.3 is 15.4 Å². The van der Waals surface area contributed by atoms with E-state index in [2.05, 4.69) is 92.1 Å². The van der Waals surface area contributed by atoms with E-state index in [1.54, 1.807) is 19.2 Å². The smallest absolute Gasteiger partial charge is 0.266 e. The molecule has 6 rings (SSSR count). The second-order valence-electron chi connectivity index (χ2n) is 13.8. The number of aldehydes is 1. The number of ether oxygens (including phenoxy) is 1. The summed E-state index contributed by atoms with van der Waals surface area (Å²) in [6, 6.07) is 30.2. The Labute approximate surface area is 301 Å². The van der Waals surface area contributed by atoms with Crippen LogP contribution in [0.1, 0.15) is 65.7 Å². The zero-order chi connectivity index (χ0) is 36.6. The summed E-state index contributed by atoms with van der Waals surface area (Å²) in [7, 11) is -2.13. The third kappa shape index (κ3) is 10.4.